The predicted octanol–water partition coefficient (Wildman–Crippen LogP) is 1.57. The highest BCUT2D eigenvalue weighted by atomic mass is 31.2. The number of rotatable bonds is 3. The predicted molar refractivity (Wildman–Crippen MR) is 35.8 cm³/mol. The quantitative estimate of drug-likeness (QED) is 0.597. The van der Waals surface area contributed by atoms with E-state index in [1.807, 2.05) is 6.92 Å². The fraction of sp³-hybridized carbons (Fsp3) is 1.00. The van der Waals surface area contributed by atoms with Gasteiger partial charge in [-0.25, -0.2) is 4.57 Å². The van der Waals surface area contributed by atoms with Crippen LogP contribution in [0.5, 0.6) is 0 Å². The van der Waals surface area contributed by atoms with Crippen LogP contribution in [-0.4, -0.2) is 19.8 Å². The normalized spacial score (nSPS) is 23.3. The molecule has 0 saturated carbocycles. The molecule has 0 N–H and O–H groups in total. The molecule has 0 unspecified atom stereocenters. The summed E-state index contributed by atoms with van der Waals surface area (Å²) < 4.78 is 25.5. The minimum Gasteiger partial charge on any atom is -0.287 e. The lowest BCUT2D eigenvalue weighted by molar-refractivity contribution is 0.191. The lowest BCUT2D eigenvalue weighted by Gasteiger charge is -2.07. The summed E-state index contributed by atoms with van der Waals surface area (Å²) in [5.74, 6) is 0. The molecule has 0 aliphatic carbocycles. The van der Waals surface area contributed by atoms with Crippen molar-refractivity contribution >= 4 is 7.82 Å². The maximum atomic E-state index is 11.1. The molecular weight excluding hydrogens is 155 g/mol. The summed E-state index contributed by atoms with van der Waals surface area (Å²) in [4.78, 5) is 0. The van der Waals surface area contributed by atoms with Gasteiger partial charge in [0.2, 0.25) is 0 Å². The van der Waals surface area contributed by atoms with Gasteiger partial charge in [-0.05, 0) is 6.42 Å². The van der Waals surface area contributed by atoms with E-state index in [2.05, 4.69) is 0 Å². The van der Waals surface area contributed by atoms with Crippen molar-refractivity contribution in [2.75, 3.05) is 19.8 Å². The van der Waals surface area contributed by atoms with Gasteiger partial charge >= 0.3 is 7.82 Å². The minimum atomic E-state index is -3.09. The minimum absolute atomic E-state index is 0.376. The highest BCUT2D eigenvalue weighted by Gasteiger charge is 2.31. The van der Waals surface area contributed by atoms with Gasteiger partial charge in [0.1, 0.15) is 0 Å². The van der Waals surface area contributed by atoms with Crippen molar-refractivity contribution in [3.8, 4) is 0 Å². The molecule has 0 aromatic rings. The molecule has 4 nitrogen and oxygen atoms in total. The van der Waals surface area contributed by atoms with Gasteiger partial charge in [0.05, 0.1) is 19.8 Å². The first-order valence-electron chi connectivity index (χ1n) is 3.30. The van der Waals surface area contributed by atoms with E-state index in [-0.39, 0.29) is 0 Å². The Balaban J connectivity index is 2.29. The molecule has 0 spiro atoms. The maximum absolute atomic E-state index is 11.1. The molecule has 1 rings (SSSR count). The Morgan fingerprint density at radius 1 is 1.50 bits per heavy atom. The largest absolute Gasteiger partial charge is 0.474 e. The number of hydrogen-bond acceptors (Lipinski definition) is 4. The highest BCUT2D eigenvalue weighted by Crippen LogP contribution is 2.52. The highest BCUT2D eigenvalue weighted by molar-refractivity contribution is 7.48. The molecule has 0 bridgehead atoms. The van der Waals surface area contributed by atoms with Gasteiger partial charge in [0, 0.05) is 0 Å². The third-order valence-electron chi connectivity index (χ3n) is 1.04. The van der Waals surface area contributed by atoms with Crippen molar-refractivity contribution in [2.45, 2.75) is 13.3 Å². The van der Waals surface area contributed by atoms with Crippen molar-refractivity contribution < 1.29 is 18.1 Å². The molecular formula is C5H11O4P. The summed E-state index contributed by atoms with van der Waals surface area (Å²) in [7, 11) is -3.09. The molecule has 1 fully saturated rings. The smallest absolute Gasteiger partial charge is 0.287 e. The SMILES string of the molecule is CCCOP1(=O)OCCO1. The zero-order chi connectivity index (χ0) is 7.45. The maximum Gasteiger partial charge on any atom is 0.474 e. The molecule has 0 radical (unpaired) electrons. The number of phosphoric ester groups is 1. The van der Waals surface area contributed by atoms with Crippen molar-refractivity contribution in [3.63, 3.8) is 0 Å². The Labute approximate surface area is 60.1 Å². The second-order valence-corrected chi connectivity index (χ2v) is 3.62. The Bertz CT molecular complexity index is 137. The van der Waals surface area contributed by atoms with Gasteiger partial charge in [-0.3, -0.25) is 13.6 Å². The molecule has 1 aliphatic rings. The monoisotopic (exact) mass is 166 g/mol. The van der Waals surface area contributed by atoms with E-state index in [9.17, 15) is 4.57 Å². The Kier molecular flexibility index (Phi) is 2.86. The Hall–Kier alpha value is 0.110. The summed E-state index contributed by atoms with van der Waals surface area (Å²) in [6.07, 6.45) is 0.816. The molecule has 0 amide bonds. The van der Waals surface area contributed by atoms with Crippen molar-refractivity contribution in [3.05, 3.63) is 0 Å². The van der Waals surface area contributed by atoms with E-state index >= 15 is 0 Å². The van der Waals surface area contributed by atoms with Crippen LogP contribution in [0.3, 0.4) is 0 Å². The lowest BCUT2D eigenvalue weighted by atomic mass is 10.5. The zero-order valence-corrected chi connectivity index (χ0v) is 6.80. The van der Waals surface area contributed by atoms with Crippen LogP contribution in [0.1, 0.15) is 13.3 Å². The van der Waals surface area contributed by atoms with E-state index < -0.39 is 7.82 Å². The number of phosphoric acid groups is 1. The van der Waals surface area contributed by atoms with Crippen LogP contribution in [0.2, 0.25) is 0 Å². The molecule has 1 heterocycles. The average molecular weight is 166 g/mol. The topological polar surface area (TPSA) is 44.8 Å². The van der Waals surface area contributed by atoms with Crippen LogP contribution in [-0.2, 0) is 18.1 Å². The molecule has 10 heavy (non-hydrogen) atoms. The van der Waals surface area contributed by atoms with Gasteiger partial charge in [-0.15, -0.1) is 0 Å². The van der Waals surface area contributed by atoms with Gasteiger partial charge in [0.15, 0.2) is 0 Å². The third-order valence-corrected chi connectivity index (χ3v) is 2.53. The van der Waals surface area contributed by atoms with E-state index in [0.29, 0.717) is 19.8 Å². The average Bonchev–Trinajstić information content (AvgIpc) is 2.33. The van der Waals surface area contributed by atoms with Gasteiger partial charge < -0.3 is 0 Å². The lowest BCUT2D eigenvalue weighted by Crippen LogP contribution is -1.90. The third kappa shape index (κ3) is 2.06. The zero-order valence-electron chi connectivity index (χ0n) is 5.91. The van der Waals surface area contributed by atoms with Crippen LogP contribution in [0.25, 0.3) is 0 Å². The molecule has 0 atom stereocenters. The molecule has 0 aromatic carbocycles. The molecule has 1 saturated heterocycles. The van der Waals surface area contributed by atoms with Crippen LogP contribution >= 0.6 is 7.82 Å². The number of hydrogen-bond donors (Lipinski definition) is 0. The molecule has 60 valence electrons. The molecule has 1 aliphatic heterocycles. The summed E-state index contributed by atoms with van der Waals surface area (Å²) in [5.41, 5.74) is 0. The van der Waals surface area contributed by atoms with Crippen LogP contribution < -0.4 is 0 Å². The van der Waals surface area contributed by atoms with Crippen molar-refractivity contribution in [1.29, 1.82) is 0 Å². The summed E-state index contributed by atoms with van der Waals surface area (Å²) in [6.45, 7) is 3.11. The van der Waals surface area contributed by atoms with E-state index in [1.54, 1.807) is 0 Å². The Morgan fingerprint density at radius 2 is 2.10 bits per heavy atom. The van der Waals surface area contributed by atoms with Crippen LogP contribution in [0.15, 0.2) is 0 Å². The van der Waals surface area contributed by atoms with Crippen LogP contribution in [0, 0.1) is 0 Å². The Morgan fingerprint density at radius 3 is 2.60 bits per heavy atom. The van der Waals surface area contributed by atoms with Gasteiger partial charge in [-0.1, -0.05) is 6.92 Å². The van der Waals surface area contributed by atoms with Gasteiger partial charge in [-0.2, -0.15) is 0 Å². The first kappa shape index (κ1) is 8.21. The van der Waals surface area contributed by atoms with E-state index in [0.717, 1.165) is 6.42 Å². The summed E-state index contributed by atoms with van der Waals surface area (Å²) in [6, 6.07) is 0. The van der Waals surface area contributed by atoms with Crippen molar-refractivity contribution in [1.82, 2.24) is 0 Å². The standard InChI is InChI=1S/C5H11O4P/c1-2-3-7-10(6)8-4-5-9-10/h2-5H2,1H3. The second kappa shape index (κ2) is 3.49. The first-order valence-corrected chi connectivity index (χ1v) is 4.76. The fourth-order valence-electron chi connectivity index (χ4n) is 0.613. The second-order valence-electron chi connectivity index (χ2n) is 1.95. The van der Waals surface area contributed by atoms with Crippen LogP contribution in [0.4, 0.5) is 0 Å². The molecule has 5 heteroatoms. The first-order chi connectivity index (χ1) is 4.77. The summed E-state index contributed by atoms with van der Waals surface area (Å²) in [5, 5.41) is 0. The van der Waals surface area contributed by atoms with E-state index in [1.165, 1.54) is 0 Å². The van der Waals surface area contributed by atoms with Gasteiger partial charge in [0.25, 0.3) is 0 Å². The van der Waals surface area contributed by atoms with Crippen molar-refractivity contribution in [2.24, 2.45) is 0 Å². The molecule has 0 aromatic heterocycles. The summed E-state index contributed by atoms with van der Waals surface area (Å²) >= 11 is 0. The van der Waals surface area contributed by atoms with E-state index in [4.69, 9.17) is 13.6 Å². The fourth-order valence-corrected chi connectivity index (χ4v) is 1.84.